The van der Waals surface area contributed by atoms with E-state index in [4.69, 9.17) is 15.4 Å². The summed E-state index contributed by atoms with van der Waals surface area (Å²) in [5.74, 6) is 1.77. The van der Waals surface area contributed by atoms with E-state index in [0.717, 1.165) is 23.6 Å². The van der Waals surface area contributed by atoms with Crippen LogP contribution in [0, 0.1) is 18.3 Å². The SMILES string of the molecule is Cc1ccc(C(CN)N(C)Cc2cccc(C#N)c2)o1. The molecule has 0 aliphatic rings. The molecule has 2 aromatic rings. The van der Waals surface area contributed by atoms with Crippen LogP contribution < -0.4 is 5.73 Å². The maximum Gasteiger partial charge on any atom is 0.122 e. The van der Waals surface area contributed by atoms with Gasteiger partial charge in [-0.1, -0.05) is 12.1 Å². The molecule has 0 fully saturated rings. The second kappa shape index (κ2) is 6.38. The minimum atomic E-state index is 0.0365. The van der Waals surface area contributed by atoms with E-state index < -0.39 is 0 Å². The number of aryl methyl sites for hydroxylation is 1. The molecule has 0 aliphatic heterocycles. The van der Waals surface area contributed by atoms with E-state index in [-0.39, 0.29) is 6.04 Å². The average Bonchev–Trinajstić information content (AvgIpc) is 2.86. The van der Waals surface area contributed by atoms with Crippen LogP contribution in [-0.2, 0) is 6.54 Å². The summed E-state index contributed by atoms with van der Waals surface area (Å²) in [4.78, 5) is 2.13. The van der Waals surface area contributed by atoms with E-state index in [2.05, 4.69) is 11.0 Å². The maximum atomic E-state index is 8.93. The summed E-state index contributed by atoms with van der Waals surface area (Å²) in [7, 11) is 2.01. The van der Waals surface area contributed by atoms with Gasteiger partial charge in [0.25, 0.3) is 0 Å². The first-order chi connectivity index (χ1) is 9.63. The molecule has 20 heavy (non-hydrogen) atoms. The van der Waals surface area contributed by atoms with E-state index >= 15 is 0 Å². The number of nitrogens with zero attached hydrogens (tertiary/aromatic N) is 2. The number of rotatable bonds is 5. The minimum absolute atomic E-state index is 0.0365. The lowest BCUT2D eigenvalue weighted by atomic mass is 10.1. The van der Waals surface area contributed by atoms with Gasteiger partial charge in [-0.2, -0.15) is 5.26 Å². The molecule has 0 amide bonds. The second-order valence-electron chi connectivity index (χ2n) is 4.93. The Kier molecular flexibility index (Phi) is 4.57. The Morgan fingerprint density at radius 3 is 2.75 bits per heavy atom. The van der Waals surface area contributed by atoms with Crippen molar-refractivity contribution >= 4 is 0 Å². The van der Waals surface area contributed by atoms with Crippen molar-refractivity contribution in [2.75, 3.05) is 13.6 Å². The highest BCUT2D eigenvalue weighted by Gasteiger charge is 2.18. The molecule has 4 nitrogen and oxygen atoms in total. The number of likely N-dealkylation sites (N-methyl/N-ethyl adjacent to an activating group) is 1. The predicted molar refractivity (Wildman–Crippen MR) is 77.9 cm³/mol. The number of nitriles is 1. The van der Waals surface area contributed by atoms with Crippen LogP contribution in [0.25, 0.3) is 0 Å². The first-order valence-electron chi connectivity index (χ1n) is 6.59. The lowest BCUT2D eigenvalue weighted by Crippen LogP contribution is -2.29. The van der Waals surface area contributed by atoms with Crippen LogP contribution in [-0.4, -0.2) is 18.5 Å². The fraction of sp³-hybridized carbons (Fsp3) is 0.312. The van der Waals surface area contributed by atoms with Crippen LogP contribution in [0.2, 0.25) is 0 Å². The lowest BCUT2D eigenvalue weighted by molar-refractivity contribution is 0.211. The highest BCUT2D eigenvalue weighted by Crippen LogP contribution is 2.22. The van der Waals surface area contributed by atoms with Crippen molar-refractivity contribution in [3.8, 4) is 6.07 Å². The van der Waals surface area contributed by atoms with Crippen molar-refractivity contribution in [1.82, 2.24) is 4.90 Å². The Balaban J connectivity index is 2.13. The summed E-state index contributed by atoms with van der Waals surface area (Å²) >= 11 is 0. The molecular weight excluding hydrogens is 250 g/mol. The zero-order valence-electron chi connectivity index (χ0n) is 11.8. The van der Waals surface area contributed by atoms with Crippen LogP contribution in [0.4, 0.5) is 0 Å². The molecule has 2 N–H and O–H groups in total. The van der Waals surface area contributed by atoms with E-state index in [1.807, 2.05) is 44.3 Å². The molecule has 4 heteroatoms. The maximum absolute atomic E-state index is 8.93. The van der Waals surface area contributed by atoms with Crippen molar-refractivity contribution in [2.24, 2.45) is 5.73 Å². The van der Waals surface area contributed by atoms with Crippen LogP contribution in [0.1, 0.15) is 28.7 Å². The largest absolute Gasteiger partial charge is 0.465 e. The van der Waals surface area contributed by atoms with E-state index in [9.17, 15) is 0 Å². The smallest absolute Gasteiger partial charge is 0.122 e. The van der Waals surface area contributed by atoms with Gasteiger partial charge >= 0.3 is 0 Å². The van der Waals surface area contributed by atoms with Gasteiger partial charge in [0.05, 0.1) is 17.7 Å². The molecule has 0 saturated carbocycles. The molecule has 0 bridgehead atoms. The quantitative estimate of drug-likeness (QED) is 0.906. The average molecular weight is 269 g/mol. The summed E-state index contributed by atoms with van der Waals surface area (Å²) in [6.45, 7) is 3.13. The summed E-state index contributed by atoms with van der Waals surface area (Å²) in [6, 6.07) is 13.7. The van der Waals surface area contributed by atoms with Gasteiger partial charge in [-0.05, 0) is 43.8 Å². The molecule has 1 aromatic heterocycles. The Morgan fingerprint density at radius 1 is 1.35 bits per heavy atom. The Bertz CT molecular complexity index is 612. The molecular formula is C16H19N3O. The summed E-state index contributed by atoms with van der Waals surface area (Å²) in [6.07, 6.45) is 0. The lowest BCUT2D eigenvalue weighted by Gasteiger charge is -2.25. The molecule has 0 radical (unpaired) electrons. The third-order valence-electron chi connectivity index (χ3n) is 3.33. The van der Waals surface area contributed by atoms with E-state index in [1.165, 1.54) is 0 Å². The van der Waals surface area contributed by atoms with Gasteiger partial charge in [0.15, 0.2) is 0 Å². The first kappa shape index (κ1) is 14.3. The summed E-state index contributed by atoms with van der Waals surface area (Å²) in [5.41, 5.74) is 7.64. The topological polar surface area (TPSA) is 66.2 Å². The Labute approximate surface area is 119 Å². The zero-order valence-corrected chi connectivity index (χ0v) is 11.8. The number of benzene rings is 1. The van der Waals surface area contributed by atoms with Crippen LogP contribution in [0.3, 0.4) is 0 Å². The van der Waals surface area contributed by atoms with Gasteiger partial charge in [-0.15, -0.1) is 0 Å². The van der Waals surface area contributed by atoms with Gasteiger partial charge < -0.3 is 10.2 Å². The molecule has 1 atom stereocenters. The van der Waals surface area contributed by atoms with E-state index in [0.29, 0.717) is 12.1 Å². The standard InChI is InChI=1S/C16H19N3O/c1-12-6-7-16(20-12)15(10-18)19(2)11-14-5-3-4-13(8-14)9-17/h3-8,15H,10-11,18H2,1-2H3. The fourth-order valence-corrected chi connectivity index (χ4v) is 2.28. The van der Waals surface area contributed by atoms with Gasteiger partial charge in [0.1, 0.15) is 11.5 Å². The van der Waals surface area contributed by atoms with Crippen molar-refractivity contribution in [2.45, 2.75) is 19.5 Å². The van der Waals surface area contributed by atoms with E-state index in [1.54, 1.807) is 6.07 Å². The summed E-state index contributed by atoms with van der Waals surface area (Å²) in [5, 5.41) is 8.93. The molecule has 0 aliphatic carbocycles. The molecule has 0 spiro atoms. The van der Waals surface area contributed by atoms with Crippen molar-refractivity contribution < 1.29 is 4.42 Å². The minimum Gasteiger partial charge on any atom is -0.465 e. The molecule has 1 heterocycles. The number of furan rings is 1. The van der Waals surface area contributed by atoms with Gasteiger partial charge in [0.2, 0.25) is 0 Å². The first-order valence-corrected chi connectivity index (χ1v) is 6.59. The van der Waals surface area contributed by atoms with Crippen LogP contribution >= 0.6 is 0 Å². The molecule has 1 unspecified atom stereocenters. The third kappa shape index (κ3) is 3.27. The number of hydrogen-bond acceptors (Lipinski definition) is 4. The Morgan fingerprint density at radius 2 is 2.15 bits per heavy atom. The second-order valence-corrected chi connectivity index (χ2v) is 4.93. The monoisotopic (exact) mass is 269 g/mol. The van der Waals surface area contributed by atoms with Crippen LogP contribution in [0.5, 0.6) is 0 Å². The van der Waals surface area contributed by atoms with Crippen molar-refractivity contribution in [1.29, 1.82) is 5.26 Å². The van der Waals surface area contributed by atoms with Gasteiger partial charge in [-0.25, -0.2) is 0 Å². The third-order valence-corrected chi connectivity index (χ3v) is 3.33. The molecule has 2 rings (SSSR count). The highest BCUT2D eigenvalue weighted by atomic mass is 16.3. The zero-order chi connectivity index (χ0) is 14.5. The van der Waals surface area contributed by atoms with Crippen LogP contribution in [0.15, 0.2) is 40.8 Å². The number of nitrogens with two attached hydrogens (primary N) is 1. The normalized spacial score (nSPS) is 12.3. The summed E-state index contributed by atoms with van der Waals surface area (Å²) < 4.78 is 5.67. The van der Waals surface area contributed by atoms with Crippen molar-refractivity contribution in [3.63, 3.8) is 0 Å². The van der Waals surface area contributed by atoms with Gasteiger partial charge in [0, 0.05) is 13.1 Å². The molecule has 1 aromatic carbocycles. The highest BCUT2D eigenvalue weighted by molar-refractivity contribution is 5.32. The molecule has 0 saturated heterocycles. The predicted octanol–water partition coefficient (Wildman–Crippen LogP) is 2.59. The van der Waals surface area contributed by atoms with Crippen molar-refractivity contribution in [3.05, 3.63) is 59.0 Å². The fourth-order valence-electron chi connectivity index (χ4n) is 2.28. The molecule has 104 valence electrons. The Hall–Kier alpha value is -2.09. The van der Waals surface area contributed by atoms with Gasteiger partial charge in [-0.3, -0.25) is 4.90 Å². The number of hydrogen-bond donors (Lipinski definition) is 1.